The molecule has 0 aromatic rings. The van der Waals surface area contributed by atoms with Gasteiger partial charge in [-0.1, -0.05) is 38.5 Å². The molecule has 0 saturated heterocycles. The van der Waals surface area contributed by atoms with E-state index in [0.29, 0.717) is 38.8 Å². The fourth-order valence-corrected chi connectivity index (χ4v) is 3.81. The smallest absolute Gasteiger partial charge is 0.548 e. The maximum atomic E-state index is 10.9. The normalized spacial score (nSPS) is 20.5. The molecule has 2 saturated carbocycles. The van der Waals surface area contributed by atoms with E-state index < -0.39 is 23.0 Å². The molecule has 0 atom stereocenters. The van der Waals surface area contributed by atoms with Gasteiger partial charge in [-0.15, -0.1) is 0 Å². The molecule has 0 aromatic carbocycles. The van der Waals surface area contributed by atoms with E-state index in [4.69, 9.17) is 10.2 Å². The monoisotopic (exact) mass is 430 g/mol. The molecule has 0 amide bonds. The molecular weight excluding hydrogens is 399 g/mol. The Morgan fingerprint density at radius 3 is 1.22 bits per heavy atom. The third kappa shape index (κ3) is 8.04. The van der Waals surface area contributed by atoms with E-state index >= 15 is 0 Å². The number of hydrogen-bond donors (Lipinski definition) is 4. The van der Waals surface area contributed by atoms with E-state index in [1.165, 1.54) is 0 Å². The van der Waals surface area contributed by atoms with Crippen LogP contribution in [0.3, 0.4) is 0 Å². The standard InChI is InChI=1S/2C9H17NO3.Ni/c2*11-7-6-10-9(8(12)13)4-2-1-3-5-9;/h2*10-11H,1-7H2,(H,12,13);/q;;+2/p-2. The molecule has 8 nitrogen and oxygen atoms in total. The van der Waals surface area contributed by atoms with Crippen LogP contribution in [0, 0.1) is 0 Å². The Morgan fingerprint density at radius 1 is 0.704 bits per heavy atom. The molecule has 2 aliphatic carbocycles. The Bertz CT molecular complexity index is 398. The molecule has 2 aliphatic rings. The van der Waals surface area contributed by atoms with Gasteiger partial charge >= 0.3 is 16.5 Å². The average molecular weight is 431 g/mol. The second kappa shape index (κ2) is 13.5. The van der Waals surface area contributed by atoms with Crippen molar-refractivity contribution in [2.45, 2.75) is 75.3 Å². The van der Waals surface area contributed by atoms with Crippen molar-refractivity contribution in [2.75, 3.05) is 26.3 Å². The van der Waals surface area contributed by atoms with Gasteiger partial charge in [0.25, 0.3) is 0 Å². The van der Waals surface area contributed by atoms with Gasteiger partial charge in [-0.05, 0) is 25.7 Å². The second-order valence-corrected chi connectivity index (χ2v) is 7.16. The molecular formula is C18H32N2NiO6. The minimum Gasteiger partial charge on any atom is -0.548 e. The van der Waals surface area contributed by atoms with Gasteiger partial charge in [-0.2, -0.15) is 0 Å². The first kappa shape index (κ1) is 26.3. The molecule has 0 unspecified atom stereocenters. The third-order valence-electron chi connectivity index (χ3n) is 5.35. The van der Waals surface area contributed by atoms with Crippen molar-refractivity contribution in [1.82, 2.24) is 10.6 Å². The third-order valence-corrected chi connectivity index (χ3v) is 5.35. The Balaban J connectivity index is 0.000000483. The fourth-order valence-electron chi connectivity index (χ4n) is 3.81. The van der Waals surface area contributed by atoms with Crippen molar-refractivity contribution in [3.8, 4) is 0 Å². The van der Waals surface area contributed by atoms with Crippen molar-refractivity contribution in [3.63, 3.8) is 0 Å². The molecule has 0 bridgehead atoms. The van der Waals surface area contributed by atoms with E-state index in [-0.39, 0.29) is 29.7 Å². The molecule has 0 heterocycles. The number of carbonyl (C=O) groups is 2. The van der Waals surface area contributed by atoms with E-state index in [2.05, 4.69) is 10.6 Å². The summed E-state index contributed by atoms with van der Waals surface area (Å²) in [6.07, 6.45) is 8.36. The van der Waals surface area contributed by atoms with Crippen LogP contribution in [0.2, 0.25) is 0 Å². The number of carboxylic acid groups (broad SMARTS) is 2. The average Bonchev–Trinajstić information content (AvgIpc) is 2.66. The van der Waals surface area contributed by atoms with Crippen LogP contribution in [0.25, 0.3) is 0 Å². The molecule has 0 aliphatic heterocycles. The molecule has 160 valence electrons. The molecule has 4 N–H and O–H groups in total. The molecule has 0 aromatic heterocycles. The minimum atomic E-state index is -1.03. The first-order valence-corrected chi connectivity index (χ1v) is 9.57. The van der Waals surface area contributed by atoms with Crippen molar-refractivity contribution in [2.24, 2.45) is 0 Å². The van der Waals surface area contributed by atoms with Crippen LogP contribution >= 0.6 is 0 Å². The van der Waals surface area contributed by atoms with Gasteiger partial charge in [0.05, 0.1) is 36.2 Å². The van der Waals surface area contributed by atoms with Crippen molar-refractivity contribution in [3.05, 3.63) is 0 Å². The van der Waals surface area contributed by atoms with Crippen molar-refractivity contribution in [1.29, 1.82) is 0 Å². The van der Waals surface area contributed by atoms with Gasteiger partial charge in [0.15, 0.2) is 0 Å². The first-order chi connectivity index (χ1) is 12.4. The Morgan fingerprint density at radius 2 is 1.00 bits per heavy atom. The molecule has 27 heavy (non-hydrogen) atoms. The van der Waals surface area contributed by atoms with Crippen LogP contribution in [0.15, 0.2) is 0 Å². The number of rotatable bonds is 8. The second-order valence-electron chi connectivity index (χ2n) is 7.16. The summed E-state index contributed by atoms with van der Waals surface area (Å²) in [5.74, 6) is -2.05. The largest absolute Gasteiger partial charge is 2.00 e. The SMILES string of the molecule is O=C([O-])C1(NCCO)CCCCC1.O=C([O-])C1(NCCO)CCCCC1.[Ni+2]. The van der Waals surface area contributed by atoms with Crippen LogP contribution in [-0.2, 0) is 26.1 Å². The Hall–Kier alpha value is -0.726. The first-order valence-electron chi connectivity index (χ1n) is 9.57. The number of aliphatic hydroxyl groups excluding tert-OH is 2. The zero-order valence-corrected chi connectivity index (χ0v) is 16.7. The summed E-state index contributed by atoms with van der Waals surface area (Å²) in [6.45, 7) is 0.589. The van der Waals surface area contributed by atoms with Gasteiger partial charge < -0.3 is 40.6 Å². The van der Waals surface area contributed by atoms with E-state index in [0.717, 1.165) is 38.5 Å². The summed E-state index contributed by atoms with van der Waals surface area (Å²) in [5, 5.41) is 44.8. The summed E-state index contributed by atoms with van der Waals surface area (Å²) >= 11 is 0. The predicted octanol–water partition coefficient (Wildman–Crippen LogP) is -1.96. The summed E-state index contributed by atoms with van der Waals surface area (Å²) in [5.41, 5.74) is -1.75. The number of aliphatic carboxylic acids is 2. The van der Waals surface area contributed by atoms with Crippen LogP contribution in [0.5, 0.6) is 0 Å². The van der Waals surface area contributed by atoms with E-state index in [1.54, 1.807) is 0 Å². The van der Waals surface area contributed by atoms with E-state index in [9.17, 15) is 19.8 Å². The number of aliphatic hydroxyl groups is 2. The van der Waals surface area contributed by atoms with E-state index in [1.807, 2.05) is 0 Å². The van der Waals surface area contributed by atoms with Crippen LogP contribution in [-0.4, -0.2) is 59.5 Å². The maximum absolute atomic E-state index is 10.9. The number of hydrogen-bond acceptors (Lipinski definition) is 8. The zero-order chi connectivity index (χ0) is 19.5. The number of nitrogens with one attached hydrogen (secondary N) is 2. The molecule has 2 fully saturated rings. The van der Waals surface area contributed by atoms with Gasteiger partial charge in [0.2, 0.25) is 0 Å². The van der Waals surface area contributed by atoms with Gasteiger partial charge in [0, 0.05) is 13.1 Å². The maximum Gasteiger partial charge on any atom is 2.00 e. The zero-order valence-electron chi connectivity index (χ0n) is 15.7. The number of carbonyl (C=O) groups excluding carboxylic acids is 2. The predicted molar refractivity (Wildman–Crippen MR) is 91.8 cm³/mol. The summed E-state index contributed by atoms with van der Waals surface area (Å²) in [4.78, 5) is 21.9. The van der Waals surface area contributed by atoms with Crippen LogP contribution in [0.1, 0.15) is 64.2 Å². The summed E-state index contributed by atoms with van der Waals surface area (Å²) in [6, 6.07) is 0. The van der Waals surface area contributed by atoms with Gasteiger partial charge in [-0.3, -0.25) is 0 Å². The Labute approximate surface area is 171 Å². The van der Waals surface area contributed by atoms with Crippen LogP contribution in [0.4, 0.5) is 0 Å². The minimum absolute atomic E-state index is 0. The molecule has 2 rings (SSSR count). The van der Waals surface area contributed by atoms with Crippen molar-refractivity contribution >= 4 is 11.9 Å². The van der Waals surface area contributed by atoms with Crippen LogP contribution < -0.4 is 20.8 Å². The number of β-amino-alcohol motifs (C(OH)–C–C–N with tert-alkyl or cyclic N) is 2. The number of carboxylic acids is 2. The molecule has 0 spiro atoms. The van der Waals surface area contributed by atoms with Crippen molar-refractivity contribution < 1.29 is 46.5 Å². The molecule has 0 radical (unpaired) electrons. The Kier molecular flexibility index (Phi) is 13.1. The quantitative estimate of drug-likeness (QED) is 0.325. The fraction of sp³-hybridized carbons (Fsp3) is 0.889. The topological polar surface area (TPSA) is 145 Å². The summed E-state index contributed by atoms with van der Waals surface area (Å²) < 4.78 is 0. The summed E-state index contributed by atoms with van der Waals surface area (Å²) in [7, 11) is 0. The molecule has 9 heteroatoms. The van der Waals surface area contributed by atoms with Gasteiger partial charge in [-0.25, -0.2) is 0 Å². The van der Waals surface area contributed by atoms with Gasteiger partial charge in [0.1, 0.15) is 0 Å².